The molecule has 1 aliphatic rings. The lowest BCUT2D eigenvalue weighted by Crippen LogP contribution is -2.14. The van der Waals surface area contributed by atoms with Gasteiger partial charge in [0, 0.05) is 23.7 Å². The van der Waals surface area contributed by atoms with Gasteiger partial charge in [0.05, 0.1) is 5.69 Å². The molecule has 1 aliphatic carbocycles. The second-order valence-corrected chi connectivity index (χ2v) is 5.45. The van der Waals surface area contributed by atoms with E-state index in [1.165, 1.54) is 5.56 Å². The molecule has 1 fully saturated rings. The highest BCUT2D eigenvalue weighted by Gasteiger charge is 2.43. The summed E-state index contributed by atoms with van der Waals surface area (Å²) < 4.78 is 0. The Labute approximate surface area is 122 Å². The number of hydrogen-bond donors (Lipinski definition) is 2. The Bertz CT molecular complexity index is 794. The molecule has 2 N–H and O–H groups in total. The predicted molar refractivity (Wildman–Crippen MR) is 82.0 cm³/mol. The summed E-state index contributed by atoms with van der Waals surface area (Å²) in [5.74, 6) is 0.525. The third-order valence-corrected chi connectivity index (χ3v) is 4.06. The zero-order chi connectivity index (χ0) is 14.2. The highest BCUT2D eigenvalue weighted by atomic mass is 16.2. The number of rotatable bonds is 3. The Morgan fingerprint density at radius 1 is 1.19 bits per heavy atom. The van der Waals surface area contributed by atoms with Crippen LogP contribution < -0.4 is 5.32 Å². The summed E-state index contributed by atoms with van der Waals surface area (Å²) in [6.07, 6.45) is 4.46. The summed E-state index contributed by atoms with van der Waals surface area (Å²) in [6, 6.07) is 14.1. The summed E-state index contributed by atoms with van der Waals surface area (Å²) in [5, 5.41) is 3.96. The number of hydrogen-bond acceptors (Lipinski definition) is 2. The molecule has 2 aromatic heterocycles. The number of fused-ring (bicyclic) bond motifs is 1. The first-order chi connectivity index (χ1) is 10.3. The number of amides is 1. The maximum Gasteiger partial charge on any atom is 0.228 e. The monoisotopic (exact) mass is 277 g/mol. The molecule has 4 heteroatoms. The number of nitrogens with one attached hydrogen (secondary N) is 2. The van der Waals surface area contributed by atoms with E-state index in [2.05, 4.69) is 27.4 Å². The molecular weight excluding hydrogens is 262 g/mol. The van der Waals surface area contributed by atoms with Crippen LogP contribution >= 0.6 is 0 Å². The third kappa shape index (κ3) is 2.18. The molecule has 2 unspecified atom stereocenters. The van der Waals surface area contributed by atoms with Crippen LogP contribution in [0.5, 0.6) is 0 Å². The van der Waals surface area contributed by atoms with Gasteiger partial charge in [0.25, 0.3) is 0 Å². The van der Waals surface area contributed by atoms with E-state index in [4.69, 9.17) is 0 Å². The van der Waals surface area contributed by atoms with E-state index in [1.54, 1.807) is 12.4 Å². The molecule has 0 saturated heterocycles. The summed E-state index contributed by atoms with van der Waals surface area (Å²) in [6.45, 7) is 0. The van der Waals surface area contributed by atoms with Gasteiger partial charge in [-0.2, -0.15) is 0 Å². The van der Waals surface area contributed by atoms with Gasteiger partial charge in [-0.3, -0.25) is 4.79 Å². The van der Waals surface area contributed by atoms with Gasteiger partial charge in [-0.15, -0.1) is 0 Å². The molecule has 2 heterocycles. The Balaban J connectivity index is 1.50. The largest absolute Gasteiger partial charge is 0.344 e. The van der Waals surface area contributed by atoms with Crippen LogP contribution in [0.25, 0.3) is 11.0 Å². The summed E-state index contributed by atoms with van der Waals surface area (Å²) in [5.41, 5.74) is 2.85. The van der Waals surface area contributed by atoms with Crippen molar-refractivity contribution in [2.45, 2.75) is 12.3 Å². The van der Waals surface area contributed by atoms with Crippen molar-refractivity contribution in [3.63, 3.8) is 0 Å². The average molecular weight is 277 g/mol. The van der Waals surface area contributed by atoms with Gasteiger partial charge < -0.3 is 10.3 Å². The minimum Gasteiger partial charge on any atom is -0.344 e. The van der Waals surface area contributed by atoms with Gasteiger partial charge in [-0.05, 0) is 30.0 Å². The van der Waals surface area contributed by atoms with Crippen LogP contribution in [0.2, 0.25) is 0 Å². The van der Waals surface area contributed by atoms with E-state index in [1.807, 2.05) is 30.3 Å². The molecule has 4 rings (SSSR count). The van der Waals surface area contributed by atoms with Crippen molar-refractivity contribution >= 4 is 22.6 Å². The molecule has 0 spiro atoms. The van der Waals surface area contributed by atoms with E-state index in [0.717, 1.165) is 23.1 Å². The van der Waals surface area contributed by atoms with Crippen LogP contribution in [0.4, 0.5) is 5.69 Å². The average Bonchev–Trinajstić information content (AvgIpc) is 3.25. The number of H-pyrrole nitrogens is 1. The Morgan fingerprint density at radius 2 is 2.05 bits per heavy atom. The van der Waals surface area contributed by atoms with E-state index < -0.39 is 0 Å². The Hall–Kier alpha value is -2.62. The minimum atomic E-state index is 0.0778. The smallest absolute Gasteiger partial charge is 0.228 e. The molecule has 1 amide bonds. The summed E-state index contributed by atoms with van der Waals surface area (Å²) >= 11 is 0. The fourth-order valence-electron chi connectivity index (χ4n) is 2.84. The number of carbonyl (C=O) groups is 1. The molecule has 1 saturated carbocycles. The van der Waals surface area contributed by atoms with Gasteiger partial charge >= 0.3 is 0 Å². The van der Waals surface area contributed by atoms with Gasteiger partial charge in [0.15, 0.2) is 0 Å². The maximum absolute atomic E-state index is 12.4. The third-order valence-electron chi connectivity index (χ3n) is 4.06. The van der Waals surface area contributed by atoms with Crippen molar-refractivity contribution < 1.29 is 4.79 Å². The van der Waals surface area contributed by atoms with Crippen LogP contribution in [-0.2, 0) is 4.79 Å². The molecule has 4 nitrogen and oxygen atoms in total. The lowest BCUT2D eigenvalue weighted by molar-refractivity contribution is -0.117. The molecule has 21 heavy (non-hydrogen) atoms. The van der Waals surface area contributed by atoms with Crippen molar-refractivity contribution in [3.8, 4) is 0 Å². The van der Waals surface area contributed by atoms with Gasteiger partial charge in [0.2, 0.25) is 5.91 Å². The lowest BCUT2D eigenvalue weighted by Gasteiger charge is -2.03. The van der Waals surface area contributed by atoms with E-state index in [0.29, 0.717) is 5.92 Å². The van der Waals surface area contributed by atoms with E-state index >= 15 is 0 Å². The van der Waals surface area contributed by atoms with Crippen molar-refractivity contribution in [2.75, 3.05) is 5.32 Å². The number of aromatic nitrogens is 2. The normalized spacial score (nSPS) is 20.4. The molecule has 1 aromatic carbocycles. The quantitative estimate of drug-likeness (QED) is 0.771. The fraction of sp³-hybridized carbons (Fsp3) is 0.176. The van der Waals surface area contributed by atoms with Gasteiger partial charge in [-0.25, -0.2) is 4.98 Å². The molecular formula is C17H15N3O. The highest BCUT2D eigenvalue weighted by molar-refractivity contribution is 6.02. The minimum absolute atomic E-state index is 0.0778. The van der Waals surface area contributed by atoms with Crippen LogP contribution in [0.3, 0.4) is 0 Å². The molecule has 0 bridgehead atoms. The van der Waals surface area contributed by atoms with Crippen LogP contribution in [0, 0.1) is 5.92 Å². The van der Waals surface area contributed by atoms with Crippen molar-refractivity contribution in [3.05, 3.63) is 60.4 Å². The highest BCUT2D eigenvalue weighted by Crippen LogP contribution is 2.48. The molecule has 3 aromatic rings. The molecule has 104 valence electrons. The molecule has 2 atom stereocenters. The van der Waals surface area contributed by atoms with Gasteiger partial charge in [0.1, 0.15) is 5.65 Å². The summed E-state index contributed by atoms with van der Waals surface area (Å²) in [7, 11) is 0. The molecule has 0 radical (unpaired) electrons. The topological polar surface area (TPSA) is 57.8 Å². The fourth-order valence-corrected chi connectivity index (χ4v) is 2.84. The maximum atomic E-state index is 12.4. The van der Waals surface area contributed by atoms with Crippen LogP contribution in [0.1, 0.15) is 17.9 Å². The van der Waals surface area contributed by atoms with Gasteiger partial charge in [-0.1, -0.05) is 30.3 Å². The van der Waals surface area contributed by atoms with E-state index in [9.17, 15) is 4.79 Å². The second kappa shape index (κ2) is 4.74. The SMILES string of the molecule is O=C(Nc1c[nH]c2ncccc12)C1CC1c1ccccc1. The molecule has 0 aliphatic heterocycles. The zero-order valence-electron chi connectivity index (χ0n) is 11.4. The first-order valence-corrected chi connectivity index (χ1v) is 7.11. The predicted octanol–water partition coefficient (Wildman–Crippen LogP) is 3.31. The van der Waals surface area contributed by atoms with Crippen molar-refractivity contribution in [1.29, 1.82) is 0 Å². The number of benzene rings is 1. The first-order valence-electron chi connectivity index (χ1n) is 7.11. The number of pyridine rings is 1. The van der Waals surface area contributed by atoms with Crippen molar-refractivity contribution in [2.24, 2.45) is 5.92 Å². The zero-order valence-corrected chi connectivity index (χ0v) is 11.4. The summed E-state index contributed by atoms with van der Waals surface area (Å²) in [4.78, 5) is 19.6. The standard InChI is InChI=1S/C17H15N3O/c21-17(14-9-13(14)11-5-2-1-3-6-11)20-15-10-19-16-12(15)7-4-8-18-16/h1-8,10,13-14H,9H2,(H,18,19)(H,20,21). The number of carbonyl (C=O) groups excluding carboxylic acids is 1. The lowest BCUT2D eigenvalue weighted by atomic mass is 10.1. The second-order valence-electron chi connectivity index (χ2n) is 5.45. The number of aromatic amines is 1. The number of anilines is 1. The van der Waals surface area contributed by atoms with Crippen molar-refractivity contribution in [1.82, 2.24) is 9.97 Å². The number of nitrogens with zero attached hydrogens (tertiary/aromatic N) is 1. The van der Waals surface area contributed by atoms with E-state index in [-0.39, 0.29) is 11.8 Å². The first kappa shape index (κ1) is 12.1. The Kier molecular flexibility index (Phi) is 2.74. The van der Waals surface area contributed by atoms with Crippen LogP contribution in [0.15, 0.2) is 54.9 Å². The van der Waals surface area contributed by atoms with Crippen LogP contribution in [-0.4, -0.2) is 15.9 Å². The Morgan fingerprint density at radius 3 is 2.90 bits per heavy atom.